The summed E-state index contributed by atoms with van der Waals surface area (Å²) in [5.41, 5.74) is 1.76. The maximum atomic E-state index is 3.53. The predicted molar refractivity (Wildman–Crippen MR) is 132 cm³/mol. The third-order valence-corrected chi connectivity index (χ3v) is 4.76. The number of nitrogens with zero attached hydrogens (tertiary/aromatic N) is 2. The molecule has 0 aliphatic rings. The molecule has 0 amide bonds. The van der Waals surface area contributed by atoms with Crippen LogP contribution in [0.2, 0.25) is 0 Å². The van der Waals surface area contributed by atoms with E-state index in [1.165, 1.54) is 5.39 Å². The fourth-order valence-electron chi connectivity index (χ4n) is 3.29. The zero-order valence-corrected chi connectivity index (χ0v) is 25.9. The molecule has 3 aromatic rings. The molecule has 0 saturated heterocycles. The Labute approximate surface area is 235 Å². The topological polar surface area (TPSA) is 6.25 Å². The monoisotopic (exact) mass is 696 g/mol. The first kappa shape index (κ1) is 29.5. The SMILES string of the molecule is CC(C)(C)N([C-]=C/C=C/[C-]=[N+](c1[c-]cccc1)C(C)(C)C)c1[c-]c2ccccc2cc1.[U+2].[V+2]. The first-order valence-corrected chi connectivity index (χ1v) is 10.7. The van der Waals surface area contributed by atoms with Crippen LogP contribution < -0.4 is 4.90 Å². The van der Waals surface area contributed by atoms with Crippen LogP contribution in [0.1, 0.15) is 41.5 Å². The van der Waals surface area contributed by atoms with Crippen LogP contribution in [0.3, 0.4) is 0 Å². The molecule has 2 nitrogen and oxygen atoms in total. The summed E-state index contributed by atoms with van der Waals surface area (Å²) in [6, 6.07) is 27.3. The molecule has 0 N–H and O–H groups in total. The van der Waals surface area contributed by atoms with Gasteiger partial charge in [0.2, 0.25) is 0 Å². The molecular weight excluding hydrogens is 665 g/mol. The van der Waals surface area contributed by atoms with Crippen molar-refractivity contribution >= 4 is 28.4 Å². The summed E-state index contributed by atoms with van der Waals surface area (Å²) >= 11 is 0. The molecule has 0 heterocycles. The maximum Gasteiger partial charge on any atom is 2.00 e. The van der Waals surface area contributed by atoms with Gasteiger partial charge in [0.25, 0.3) is 0 Å². The molecular formula is C29H31N2UV+. The molecule has 0 aliphatic carbocycles. The van der Waals surface area contributed by atoms with E-state index >= 15 is 0 Å². The van der Waals surface area contributed by atoms with Gasteiger partial charge in [-0.05, 0) is 47.2 Å². The third kappa shape index (κ3) is 8.34. The van der Waals surface area contributed by atoms with Crippen LogP contribution in [0.4, 0.5) is 11.4 Å². The first-order valence-electron chi connectivity index (χ1n) is 10.7. The van der Waals surface area contributed by atoms with Crippen molar-refractivity contribution in [1.82, 2.24) is 0 Å². The van der Waals surface area contributed by atoms with Gasteiger partial charge in [-0.3, -0.25) is 0 Å². The van der Waals surface area contributed by atoms with Crippen LogP contribution in [0.15, 0.2) is 78.9 Å². The van der Waals surface area contributed by atoms with Gasteiger partial charge in [-0.1, -0.05) is 12.1 Å². The van der Waals surface area contributed by atoms with E-state index in [0.29, 0.717) is 0 Å². The molecule has 0 aliphatic heterocycles. The number of hydrogen-bond donors (Lipinski definition) is 0. The Balaban J connectivity index is 0.00000272. The Bertz CT molecular complexity index is 1100. The average molecular weight is 697 g/mol. The van der Waals surface area contributed by atoms with Crippen molar-refractivity contribution in [3.63, 3.8) is 0 Å². The van der Waals surface area contributed by atoms with Crippen molar-refractivity contribution in [3.8, 4) is 0 Å². The zero-order valence-electron chi connectivity index (χ0n) is 20.3. The number of para-hydroxylation sites is 1. The van der Waals surface area contributed by atoms with E-state index < -0.39 is 0 Å². The zero-order chi connectivity index (χ0) is 22.5. The normalized spacial score (nSPS) is 12.6. The summed E-state index contributed by atoms with van der Waals surface area (Å²) in [6.45, 7) is 13.0. The maximum absolute atomic E-state index is 3.53. The molecule has 0 aromatic heterocycles. The number of rotatable bonds is 5. The molecule has 3 rings (SSSR count). The molecule has 1 radical (unpaired) electrons. The minimum absolute atomic E-state index is 0. The third-order valence-electron chi connectivity index (χ3n) is 4.76. The van der Waals surface area contributed by atoms with Crippen LogP contribution in [0, 0.1) is 49.4 Å². The van der Waals surface area contributed by atoms with Crippen molar-refractivity contribution in [3.05, 3.63) is 97.2 Å². The van der Waals surface area contributed by atoms with Gasteiger partial charge in [0, 0.05) is 5.54 Å². The summed E-state index contributed by atoms with van der Waals surface area (Å²) in [6.07, 6.45) is 12.6. The minimum atomic E-state index is -0.132. The number of allylic oxidation sites excluding steroid dienone is 3. The van der Waals surface area contributed by atoms with E-state index in [0.717, 1.165) is 16.8 Å². The number of fused-ring (bicyclic) bond motifs is 1. The fraction of sp³-hybridized carbons (Fsp3) is 0.276. The van der Waals surface area contributed by atoms with Crippen molar-refractivity contribution in [1.29, 1.82) is 0 Å². The van der Waals surface area contributed by atoms with Gasteiger partial charge in [0.05, 0.1) is 0 Å². The van der Waals surface area contributed by atoms with Crippen LogP contribution in [0.5, 0.6) is 0 Å². The second-order valence-corrected chi connectivity index (χ2v) is 9.48. The Hall–Kier alpha value is -1.49. The summed E-state index contributed by atoms with van der Waals surface area (Å²) < 4.78 is 2.09. The van der Waals surface area contributed by atoms with Crippen molar-refractivity contribution < 1.29 is 54.2 Å². The fourth-order valence-corrected chi connectivity index (χ4v) is 3.29. The predicted octanol–water partition coefficient (Wildman–Crippen LogP) is 7.01. The van der Waals surface area contributed by atoms with E-state index in [4.69, 9.17) is 0 Å². The van der Waals surface area contributed by atoms with Gasteiger partial charge < -0.3 is 9.48 Å². The Morgan fingerprint density at radius 1 is 0.909 bits per heavy atom. The smallest absolute Gasteiger partial charge is 0.466 e. The Morgan fingerprint density at radius 3 is 2.24 bits per heavy atom. The number of hydrogen-bond acceptors (Lipinski definition) is 1. The quantitative estimate of drug-likeness (QED) is 0.0916. The number of anilines is 1. The van der Waals surface area contributed by atoms with E-state index in [-0.39, 0.29) is 60.7 Å². The van der Waals surface area contributed by atoms with Crippen molar-refractivity contribution in [2.24, 2.45) is 0 Å². The van der Waals surface area contributed by atoms with E-state index in [9.17, 15) is 0 Å². The van der Waals surface area contributed by atoms with Gasteiger partial charge in [-0.25, -0.2) is 0 Å². The summed E-state index contributed by atoms with van der Waals surface area (Å²) in [5.74, 6) is 0. The van der Waals surface area contributed by atoms with Gasteiger partial charge in [0.15, 0.2) is 0 Å². The van der Waals surface area contributed by atoms with Crippen LogP contribution >= 0.6 is 0 Å². The number of benzene rings is 3. The van der Waals surface area contributed by atoms with Crippen molar-refractivity contribution in [2.45, 2.75) is 52.6 Å². The second kappa shape index (κ2) is 12.8. The Kier molecular flexibility index (Phi) is 11.5. The average Bonchev–Trinajstić information content (AvgIpc) is 2.71. The molecule has 165 valence electrons. The largest absolute Gasteiger partial charge is 2.00 e. The second-order valence-electron chi connectivity index (χ2n) is 9.48. The van der Waals surface area contributed by atoms with Gasteiger partial charge >= 0.3 is 49.7 Å². The molecule has 0 unspecified atom stereocenters. The summed E-state index contributed by atoms with van der Waals surface area (Å²) in [5, 5.41) is 2.29. The molecule has 0 saturated carbocycles. The van der Waals surface area contributed by atoms with Crippen molar-refractivity contribution in [2.75, 3.05) is 4.90 Å². The molecule has 33 heavy (non-hydrogen) atoms. The molecule has 0 fully saturated rings. The first-order chi connectivity index (χ1) is 14.7. The van der Waals surface area contributed by atoms with Gasteiger partial charge in [-0.2, -0.15) is 60.0 Å². The van der Waals surface area contributed by atoms with E-state index in [2.05, 4.69) is 106 Å². The Morgan fingerprint density at radius 2 is 1.61 bits per heavy atom. The molecule has 4 heteroatoms. The molecule has 0 bridgehead atoms. The van der Waals surface area contributed by atoms with E-state index in [1.54, 1.807) is 0 Å². The van der Waals surface area contributed by atoms with Crippen LogP contribution in [-0.2, 0) is 18.6 Å². The van der Waals surface area contributed by atoms with Crippen LogP contribution in [0.25, 0.3) is 10.8 Å². The van der Waals surface area contributed by atoms with Crippen LogP contribution in [-0.4, -0.2) is 21.9 Å². The molecule has 0 atom stereocenters. The molecule has 0 spiro atoms. The summed E-state index contributed by atoms with van der Waals surface area (Å²) in [7, 11) is 0. The molecule has 3 aromatic carbocycles. The van der Waals surface area contributed by atoms with E-state index in [1.807, 2.05) is 48.6 Å². The standard InChI is InChI=1S/C29H31N2.U.V/c1-28(2,3)30(26-17-9-7-10-18-26)21-13-8-14-22-31(29(4,5)6)27-20-19-24-15-11-12-16-25(24)23-27;;/h7-17,19-20H,1-6H3;;/q-3;2*+2/b13-8+;;. The van der Waals surface area contributed by atoms with Gasteiger partial charge in [-0.15, -0.1) is 41.5 Å². The minimum Gasteiger partial charge on any atom is -0.466 e. The van der Waals surface area contributed by atoms with Gasteiger partial charge in [0.1, 0.15) is 11.8 Å². The summed E-state index contributed by atoms with van der Waals surface area (Å²) in [4.78, 5) is 2.12.